The standard InChI is InChI=1S/C20H18ClNO6/c1-24-13-8-12(9-14(10-13)25-2)19-22-16(20(23)28-19)6-11-5-15(21)18(27-4)17(7-11)26-3/h5-10H,1-4H3/b16-6-. The number of hydrogen-bond donors (Lipinski definition) is 0. The number of methoxy groups -OCH3 is 4. The van der Waals surface area contributed by atoms with Crippen LogP contribution in [0.15, 0.2) is 41.0 Å². The molecule has 0 amide bonds. The highest BCUT2D eigenvalue weighted by Gasteiger charge is 2.25. The van der Waals surface area contributed by atoms with Crippen LogP contribution in [0.4, 0.5) is 0 Å². The molecule has 146 valence electrons. The van der Waals surface area contributed by atoms with Crippen LogP contribution in [0.3, 0.4) is 0 Å². The zero-order valence-corrected chi connectivity index (χ0v) is 16.5. The summed E-state index contributed by atoms with van der Waals surface area (Å²) in [7, 11) is 6.07. The zero-order valence-electron chi connectivity index (χ0n) is 15.7. The third-order valence-corrected chi connectivity index (χ3v) is 4.26. The molecule has 0 saturated carbocycles. The Kier molecular flexibility index (Phi) is 5.75. The maximum atomic E-state index is 12.3. The fourth-order valence-corrected chi connectivity index (χ4v) is 2.94. The predicted molar refractivity (Wildman–Crippen MR) is 105 cm³/mol. The van der Waals surface area contributed by atoms with Gasteiger partial charge in [-0.3, -0.25) is 0 Å². The van der Waals surface area contributed by atoms with Crippen molar-refractivity contribution in [3.05, 3.63) is 52.2 Å². The summed E-state index contributed by atoms with van der Waals surface area (Å²) in [5.74, 6) is 1.53. The van der Waals surface area contributed by atoms with Gasteiger partial charge in [0.25, 0.3) is 0 Å². The lowest BCUT2D eigenvalue weighted by molar-refractivity contribution is -0.129. The van der Waals surface area contributed by atoms with E-state index in [-0.39, 0.29) is 11.6 Å². The van der Waals surface area contributed by atoms with Crippen molar-refractivity contribution in [2.45, 2.75) is 0 Å². The zero-order chi connectivity index (χ0) is 20.3. The van der Waals surface area contributed by atoms with E-state index in [2.05, 4.69) is 4.99 Å². The van der Waals surface area contributed by atoms with Crippen molar-refractivity contribution in [2.24, 2.45) is 4.99 Å². The Bertz CT molecular complexity index is 961. The van der Waals surface area contributed by atoms with Crippen LogP contribution in [0, 0.1) is 0 Å². The summed E-state index contributed by atoms with van der Waals surface area (Å²) < 4.78 is 26.3. The Morgan fingerprint density at radius 2 is 1.61 bits per heavy atom. The Morgan fingerprint density at radius 3 is 2.18 bits per heavy atom. The quantitative estimate of drug-likeness (QED) is 0.540. The molecule has 2 aromatic carbocycles. The molecule has 0 N–H and O–H groups in total. The van der Waals surface area contributed by atoms with Crippen LogP contribution in [-0.4, -0.2) is 40.3 Å². The van der Waals surface area contributed by atoms with Crippen LogP contribution < -0.4 is 18.9 Å². The van der Waals surface area contributed by atoms with Gasteiger partial charge in [-0.15, -0.1) is 0 Å². The van der Waals surface area contributed by atoms with E-state index in [1.165, 1.54) is 28.4 Å². The Morgan fingerprint density at radius 1 is 0.929 bits per heavy atom. The minimum Gasteiger partial charge on any atom is -0.497 e. The second-order valence-electron chi connectivity index (χ2n) is 5.68. The molecule has 0 atom stereocenters. The van der Waals surface area contributed by atoms with Crippen LogP contribution in [0.1, 0.15) is 11.1 Å². The normalized spacial score (nSPS) is 14.5. The van der Waals surface area contributed by atoms with Gasteiger partial charge in [-0.25, -0.2) is 9.79 Å². The van der Waals surface area contributed by atoms with E-state index in [1.807, 2.05) is 0 Å². The summed E-state index contributed by atoms with van der Waals surface area (Å²) in [6.07, 6.45) is 1.56. The average molecular weight is 404 g/mol. The maximum absolute atomic E-state index is 12.3. The fraction of sp³-hybridized carbons (Fsp3) is 0.200. The van der Waals surface area contributed by atoms with Crippen LogP contribution >= 0.6 is 11.6 Å². The third kappa shape index (κ3) is 3.89. The molecule has 28 heavy (non-hydrogen) atoms. The summed E-state index contributed by atoms with van der Waals surface area (Å²) >= 11 is 6.21. The molecule has 1 heterocycles. The molecule has 0 aromatic heterocycles. The Labute approximate surface area is 167 Å². The van der Waals surface area contributed by atoms with E-state index in [4.69, 9.17) is 35.3 Å². The summed E-state index contributed by atoms with van der Waals surface area (Å²) in [6, 6.07) is 8.44. The number of benzene rings is 2. The summed E-state index contributed by atoms with van der Waals surface area (Å²) in [5, 5.41) is 0.349. The second kappa shape index (κ2) is 8.22. The topological polar surface area (TPSA) is 75.6 Å². The van der Waals surface area contributed by atoms with E-state index in [0.29, 0.717) is 39.1 Å². The SMILES string of the molecule is COc1cc(OC)cc(C2=N/C(=C\c3cc(Cl)c(OC)c(OC)c3)C(=O)O2)c1. The van der Waals surface area contributed by atoms with Crippen molar-refractivity contribution in [3.8, 4) is 23.0 Å². The van der Waals surface area contributed by atoms with Crippen molar-refractivity contribution in [1.29, 1.82) is 0 Å². The second-order valence-corrected chi connectivity index (χ2v) is 6.08. The smallest absolute Gasteiger partial charge is 0.363 e. The molecule has 3 rings (SSSR count). The molecule has 0 spiro atoms. The lowest BCUT2D eigenvalue weighted by atomic mass is 10.1. The number of esters is 1. The number of cyclic esters (lactones) is 1. The lowest BCUT2D eigenvalue weighted by Gasteiger charge is -2.10. The fourth-order valence-electron chi connectivity index (χ4n) is 2.64. The molecule has 0 fully saturated rings. The summed E-state index contributed by atoms with van der Waals surface area (Å²) in [6.45, 7) is 0. The van der Waals surface area contributed by atoms with Gasteiger partial charge in [-0.1, -0.05) is 11.6 Å². The number of ether oxygens (including phenoxy) is 5. The molecule has 7 nitrogen and oxygen atoms in total. The number of hydrogen-bond acceptors (Lipinski definition) is 7. The number of carbonyl (C=O) groups excluding carboxylic acids is 1. The first-order chi connectivity index (χ1) is 13.5. The highest BCUT2D eigenvalue weighted by Crippen LogP contribution is 2.37. The van der Waals surface area contributed by atoms with Crippen LogP contribution in [0.5, 0.6) is 23.0 Å². The largest absolute Gasteiger partial charge is 0.497 e. The molecular weight excluding hydrogens is 386 g/mol. The molecule has 0 unspecified atom stereocenters. The van der Waals surface area contributed by atoms with Gasteiger partial charge in [0.15, 0.2) is 17.2 Å². The van der Waals surface area contributed by atoms with Gasteiger partial charge in [0, 0.05) is 11.6 Å². The molecule has 2 aromatic rings. The van der Waals surface area contributed by atoms with E-state index in [0.717, 1.165) is 0 Å². The van der Waals surface area contributed by atoms with Gasteiger partial charge < -0.3 is 23.7 Å². The third-order valence-electron chi connectivity index (χ3n) is 3.98. The first-order valence-electron chi connectivity index (χ1n) is 8.16. The van der Waals surface area contributed by atoms with Gasteiger partial charge in [0.05, 0.1) is 33.5 Å². The van der Waals surface area contributed by atoms with Crippen LogP contribution in [-0.2, 0) is 9.53 Å². The van der Waals surface area contributed by atoms with Gasteiger partial charge in [0.2, 0.25) is 5.90 Å². The molecular formula is C20H18ClNO6. The summed E-state index contributed by atoms with van der Waals surface area (Å²) in [5.41, 5.74) is 1.29. The van der Waals surface area contributed by atoms with Crippen molar-refractivity contribution < 1.29 is 28.5 Å². The molecule has 0 radical (unpaired) electrons. The molecule has 0 saturated heterocycles. The van der Waals surface area contributed by atoms with Crippen molar-refractivity contribution in [3.63, 3.8) is 0 Å². The van der Waals surface area contributed by atoms with E-state index in [9.17, 15) is 4.79 Å². The minimum absolute atomic E-state index is 0.125. The van der Waals surface area contributed by atoms with Crippen molar-refractivity contribution >= 4 is 29.5 Å². The van der Waals surface area contributed by atoms with Crippen molar-refractivity contribution in [2.75, 3.05) is 28.4 Å². The van der Waals surface area contributed by atoms with E-state index in [1.54, 1.807) is 36.4 Å². The first-order valence-corrected chi connectivity index (χ1v) is 8.54. The van der Waals surface area contributed by atoms with E-state index >= 15 is 0 Å². The summed E-state index contributed by atoms with van der Waals surface area (Å²) in [4.78, 5) is 16.6. The minimum atomic E-state index is -0.581. The van der Waals surface area contributed by atoms with Gasteiger partial charge in [-0.05, 0) is 35.9 Å². The molecule has 8 heteroatoms. The van der Waals surface area contributed by atoms with Gasteiger partial charge in [-0.2, -0.15) is 0 Å². The van der Waals surface area contributed by atoms with Crippen molar-refractivity contribution in [1.82, 2.24) is 0 Å². The molecule has 0 aliphatic carbocycles. The number of carbonyl (C=O) groups is 1. The number of halogens is 1. The maximum Gasteiger partial charge on any atom is 0.363 e. The number of nitrogens with zero attached hydrogens (tertiary/aromatic N) is 1. The monoisotopic (exact) mass is 403 g/mol. The van der Waals surface area contributed by atoms with Crippen LogP contribution in [0.2, 0.25) is 5.02 Å². The van der Waals surface area contributed by atoms with Gasteiger partial charge in [0.1, 0.15) is 11.5 Å². The molecule has 1 aliphatic rings. The molecule has 1 aliphatic heterocycles. The highest BCUT2D eigenvalue weighted by molar-refractivity contribution is 6.32. The Balaban J connectivity index is 2.00. The Hall–Kier alpha value is -3.19. The first kappa shape index (κ1) is 19.6. The van der Waals surface area contributed by atoms with Gasteiger partial charge >= 0.3 is 5.97 Å². The highest BCUT2D eigenvalue weighted by atomic mass is 35.5. The van der Waals surface area contributed by atoms with E-state index < -0.39 is 5.97 Å². The number of rotatable bonds is 6. The molecule has 0 bridgehead atoms. The lowest BCUT2D eigenvalue weighted by Crippen LogP contribution is -2.06. The predicted octanol–water partition coefficient (Wildman–Crippen LogP) is 3.72. The van der Waals surface area contributed by atoms with Crippen LogP contribution in [0.25, 0.3) is 6.08 Å². The average Bonchev–Trinajstić information content (AvgIpc) is 3.07. The number of aliphatic imine (C=N–C) groups is 1.